The molecule has 0 bridgehead atoms. The Bertz CT molecular complexity index is 626. The SMILES string of the molecule is COc1ccc(Cl)c(NCC2CCCc3ccccc32)c1. The van der Waals surface area contributed by atoms with Gasteiger partial charge < -0.3 is 10.1 Å². The summed E-state index contributed by atoms with van der Waals surface area (Å²) in [5, 5.41) is 4.22. The minimum Gasteiger partial charge on any atom is -0.497 e. The van der Waals surface area contributed by atoms with Gasteiger partial charge in [0.05, 0.1) is 17.8 Å². The number of nitrogens with one attached hydrogen (secondary N) is 1. The summed E-state index contributed by atoms with van der Waals surface area (Å²) in [4.78, 5) is 0. The molecular formula is C18H20ClNO. The van der Waals surface area contributed by atoms with Crippen molar-refractivity contribution in [1.29, 1.82) is 0 Å². The number of ether oxygens (including phenoxy) is 1. The van der Waals surface area contributed by atoms with Crippen LogP contribution in [0.2, 0.25) is 5.02 Å². The fourth-order valence-corrected chi connectivity index (χ4v) is 3.25. The van der Waals surface area contributed by atoms with E-state index >= 15 is 0 Å². The third kappa shape index (κ3) is 3.16. The van der Waals surface area contributed by atoms with Crippen molar-refractivity contribution in [2.75, 3.05) is 19.0 Å². The molecular weight excluding hydrogens is 282 g/mol. The second kappa shape index (κ2) is 6.40. The first kappa shape index (κ1) is 14.3. The number of rotatable bonds is 4. The number of hydrogen-bond acceptors (Lipinski definition) is 2. The van der Waals surface area contributed by atoms with Gasteiger partial charge in [-0.1, -0.05) is 35.9 Å². The van der Waals surface area contributed by atoms with Gasteiger partial charge in [0.1, 0.15) is 5.75 Å². The minimum absolute atomic E-state index is 0.553. The highest BCUT2D eigenvalue weighted by Gasteiger charge is 2.19. The van der Waals surface area contributed by atoms with E-state index in [1.807, 2.05) is 18.2 Å². The summed E-state index contributed by atoms with van der Waals surface area (Å²) in [6.45, 7) is 0.907. The Labute approximate surface area is 131 Å². The first-order chi connectivity index (χ1) is 10.3. The molecule has 0 spiro atoms. The Morgan fingerprint density at radius 3 is 2.95 bits per heavy atom. The average molecular weight is 302 g/mol. The maximum atomic E-state index is 6.25. The van der Waals surface area contributed by atoms with Crippen LogP contribution in [0.4, 0.5) is 5.69 Å². The van der Waals surface area contributed by atoms with Crippen molar-refractivity contribution in [2.24, 2.45) is 0 Å². The number of benzene rings is 2. The average Bonchev–Trinajstić information content (AvgIpc) is 2.54. The van der Waals surface area contributed by atoms with Crippen LogP contribution in [-0.4, -0.2) is 13.7 Å². The van der Waals surface area contributed by atoms with E-state index in [2.05, 4.69) is 29.6 Å². The Morgan fingerprint density at radius 2 is 2.10 bits per heavy atom. The predicted octanol–water partition coefficient (Wildman–Crippen LogP) is 4.88. The predicted molar refractivity (Wildman–Crippen MR) is 88.6 cm³/mol. The van der Waals surface area contributed by atoms with Crippen molar-refractivity contribution >= 4 is 17.3 Å². The van der Waals surface area contributed by atoms with Gasteiger partial charge >= 0.3 is 0 Å². The Hall–Kier alpha value is -1.67. The lowest BCUT2D eigenvalue weighted by atomic mass is 9.83. The quantitative estimate of drug-likeness (QED) is 0.869. The number of methoxy groups -OCH3 is 1. The maximum Gasteiger partial charge on any atom is 0.121 e. The van der Waals surface area contributed by atoms with Gasteiger partial charge in [0, 0.05) is 18.5 Å². The lowest BCUT2D eigenvalue weighted by molar-refractivity contribution is 0.415. The molecule has 0 heterocycles. The fraction of sp³-hybridized carbons (Fsp3) is 0.333. The molecule has 3 heteroatoms. The molecule has 3 rings (SSSR count). The van der Waals surface area contributed by atoms with Crippen molar-refractivity contribution in [3.05, 3.63) is 58.6 Å². The van der Waals surface area contributed by atoms with Crippen molar-refractivity contribution in [1.82, 2.24) is 0 Å². The monoisotopic (exact) mass is 301 g/mol. The molecule has 1 aliphatic carbocycles. The van der Waals surface area contributed by atoms with E-state index in [1.165, 1.54) is 30.4 Å². The molecule has 0 saturated carbocycles. The molecule has 2 nitrogen and oxygen atoms in total. The van der Waals surface area contributed by atoms with Gasteiger partial charge in [-0.3, -0.25) is 0 Å². The van der Waals surface area contributed by atoms with Gasteiger partial charge in [-0.2, -0.15) is 0 Å². The van der Waals surface area contributed by atoms with Crippen molar-refractivity contribution < 1.29 is 4.74 Å². The second-order valence-electron chi connectivity index (χ2n) is 5.51. The van der Waals surface area contributed by atoms with E-state index in [0.717, 1.165) is 23.0 Å². The van der Waals surface area contributed by atoms with E-state index < -0.39 is 0 Å². The zero-order chi connectivity index (χ0) is 14.7. The molecule has 0 radical (unpaired) electrons. The molecule has 0 fully saturated rings. The summed E-state index contributed by atoms with van der Waals surface area (Å²) in [5.41, 5.74) is 3.92. The lowest BCUT2D eigenvalue weighted by Crippen LogP contribution is -2.18. The molecule has 0 aromatic heterocycles. The zero-order valence-electron chi connectivity index (χ0n) is 12.2. The number of halogens is 1. The van der Waals surface area contributed by atoms with Crippen molar-refractivity contribution in [2.45, 2.75) is 25.2 Å². The van der Waals surface area contributed by atoms with Crippen LogP contribution in [0.3, 0.4) is 0 Å². The van der Waals surface area contributed by atoms with Crippen molar-refractivity contribution in [3.63, 3.8) is 0 Å². The summed E-state index contributed by atoms with van der Waals surface area (Å²) in [6.07, 6.45) is 3.69. The standard InChI is InChI=1S/C18H20ClNO/c1-21-15-9-10-17(19)18(11-15)20-12-14-7-4-6-13-5-2-3-8-16(13)14/h2-3,5,8-11,14,20H,4,6-7,12H2,1H3. The van der Waals surface area contributed by atoms with E-state index in [-0.39, 0.29) is 0 Å². The molecule has 2 aromatic carbocycles. The Balaban J connectivity index is 1.74. The van der Waals surface area contributed by atoms with Crippen LogP contribution in [0.25, 0.3) is 0 Å². The fourth-order valence-electron chi connectivity index (χ4n) is 3.07. The third-order valence-corrected chi connectivity index (χ3v) is 4.54. The van der Waals surface area contributed by atoms with Gasteiger partial charge in [0.25, 0.3) is 0 Å². The van der Waals surface area contributed by atoms with E-state index in [9.17, 15) is 0 Å². The van der Waals surface area contributed by atoms with Crippen LogP contribution in [0.5, 0.6) is 5.75 Å². The molecule has 1 N–H and O–H groups in total. The molecule has 1 atom stereocenters. The summed E-state index contributed by atoms with van der Waals surface area (Å²) < 4.78 is 5.26. The van der Waals surface area contributed by atoms with E-state index in [1.54, 1.807) is 7.11 Å². The number of aryl methyl sites for hydroxylation is 1. The van der Waals surface area contributed by atoms with Crippen LogP contribution in [0, 0.1) is 0 Å². The van der Waals surface area contributed by atoms with E-state index in [4.69, 9.17) is 16.3 Å². The summed E-state index contributed by atoms with van der Waals surface area (Å²) >= 11 is 6.25. The maximum absolute atomic E-state index is 6.25. The van der Waals surface area contributed by atoms with Crippen LogP contribution >= 0.6 is 11.6 Å². The number of anilines is 1. The van der Waals surface area contributed by atoms with Crippen LogP contribution in [0.1, 0.15) is 29.9 Å². The summed E-state index contributed by atoms with van der Waals surface area (Å²) in [7, 11) is 1.67. The molecule has 0 saturated heterocycles. The normalized spacial score (nSPS) is 17.1. The van der Waals surface area contributed by atoms with Crippen LogP contribution < -0.4 is 10.1 Å². The number of hydrogen-bond donors (Lipinski definition) is 1. The lowest BCUT2D eigenvalue weighted by Gasteiger charge is -2.26. The molecule has 21 heavy (non-hydrogen) atoms. The van der Waals surface area contributed by atoms with Crippen molar-refractivity contribution in [3.8, 4) is 5.75 Å². The van der Waals surface area contributed by atoms with Crippen LogP contribution in [-0.2, 0) is 6.42 Å². The molecule has 1 unspecified atom stereocenters. The van der Waals surface area contributed by atoms with E-state index in [0.29, 0.717) is 5.92 Å². The molecule has 1 aliphatic rings. The highest BCUT2D eigenvalue weighted by atomic mass is 35.5. The molecule has 2 aromatic rings. The summed E-state index contributed by atoms with van der Waals surface area (Å²) in [5.74, 6) is 1.38. The minimum atomic E-state index is 0.553. The first-order valence-electron chi connectivity index (χ1n) is 7.43. The topological polar surface area (TPSA) is 21.3 Å². The Kier molecular flexibility index (Phi) is 4.35. The summed E-state index contributed by atoms with van der Waals surface area (Å²) in [6, 6.07) is 14.5. The highest BCUT2D eigenvalue weighted by molar-refractivity contribution is 6.33. The van der Waals surface area contributed by atoms with Gasteiger partial charge in [-0.25, -0.2) is 0 Å². The molecule has 110 valence electrons. The largest absolute Gasteiger partial charge is 0.497 e. The third-order valence-electron chi connectivity index (χ3n) is 4.21. The van der Waals surface area contributed by atoms with Gasteiger partial charge in [-0.15, -0.1) is 0 Å². The van der Waals surface area contributed by atoms with Gasteiger partial charge in [0.2, 0.25) is 0 Å². The number of fused-ring (bicyclic) bond motifs is 1. The molecule has 0 aliphatic heterocycles. The highest BCUT2D eigenvalue weighted by Crippen LogP contribution is 2.33. The second-order valence-corrected chi connectivity index (χ2v) is 5.92. The van der Waals surface area contributed by atoms with Crippen LogP contribution in [0.15, 0.2) is 42.5 Å². The Morgan fingerprint density at radius 1 is 1.24 bits per heavy atom. The van der Waals surface area contributed by atoms with Gasteiger partial charge in [-0.05, 0) is 42.5 Å². The zero-order valence-corrected chi connectivity index (χ0v) is 13.0. The molecule has 0 amide bonds. The first-order valence-corrected chi connectivity index (χ1v) is 7.81. The smallest absolute Gasteiger partial charge is 0.121 e. The van der Waals surface area contributed by atoms with Gasteiger partial charge in [0.15, 0.2) is 0 Å².